The Kier molecular flexibility index (Phi) is 2.78. The summed E-state index contributed by atoms with van der Waals surface area (Å²) in [5, 5.41) is 3.90. The molecular weight excluding hydrogens is 278 g/mol. The lowest BCUT2D eigenvalue weighted by molar-refractivity contribution is 0.0523. The predicted octanol–water partition coefficient (Wildman–Crippen LogP) is 0.962. The quantitative estimate of drug-likeness (QED) is 0.834. The van der Waals surface area contributed by atoms with Gasteiger partial charge in [0.15, 0.2) is 0 Å². The second kappa shape index (κ2) is 4.09. The van der Waals surface area contributed by atoms with Crippen molar-refractivity contribution < 1.29 is 9.53 Å². The number of hydrogen-bond acceptors (Lipinski definition) is 4. The predicted molar refractivity (Wildman–Crippen MR) is 59.5 cm³/mol. The van der Waals surface area contributed by atoms with E-state index >= 15 is 0 Å². The van der Waals surface area contributed by atoms with Gasteiger partial charge in [-0.25, -0.2) is 4.79 Å². The molecule has 0 aromatic carbocycles. The molecule has 7 heteroatoms. The molecule has 0 radical (unpaired) electrons. The first-order valence-electron chi connectivity index (χ1n) is 4.57. The molecule has 1 N–H and O–H groups in total. The first-order valence-corrected chi connectivity index (χ1v) is 5.37. The fourth-order valence-electron chi connectivity index (χ4n) is 1.29. The molecular formula is C9H8BrN3O3. The SMILES string of the molecule is CCOC(=O)c1c[nH]c2cc(Br)nn2c1=O. The molecule has 0 aliphatic heterocycles. The van der Waals surface area contributed by atoms with Gasteiger partial charge >= 0.3 is 5.97 Å². The van der Waals surface area contributed by atoms with Crippen molar-refractivity contribution in [2.75, 3.05) is 6.61 Å². The second-order valence-corrected chi connectivity index (χ2v) is 3.80. The minimum Gasteiger partial charge on any atom is -0.462 e. The summed E-state index contributed by atoms with van der Waals surface area (Å²) < 4.78 is 6.38. The molecule has 0 bridgehead atoms. The van der Waals surface area contributed by atoms with Gasteiger partial charge in [-0.05, 0) is 22.9 Å². The monoisotopic (exact) mass is 285 g/mol. The summed E-state index contributed by atoms with van der Waals surface area (Å²) in [5.74, 6) is -0.655. The lowest BCUT2D eigenvalue weighted by Gasteiger charge is -2.00. The fraction of sp³-hybridized carbons (Fsp3) is 0.222. The number of carbonyl (C=O) groups excluding carboxylic acids is 1. The molecule has 0 saturated carbocycles. The van der Waals surface area contributed by atoms with Crippen LogP contribution in [-0.4, -0.2) is 27.2 Å². The Labute approximate surface area is 98.4 Å². The van der Waals surface area contributed by atoms with E-state index in [0.29, 0.717) is 10.3 Å². The zero-order valence-electron chi connectivity index (χ0n) is 8.36. The van der Waals surface area contributed by atoms with E-state index < -0.39 is 11.5 Å². The summed E-state index contributed by atoms with van der Waals surface area (Å²) >= 11 is 3.14. The summed E-state index contributed by atoms with van der Waals surface area (Å²) in [5.41, 5.74) is -0.0622. The van der Waals surface area contributed by atoms with Crippen LogP contribution in [-0.2, 0) is 4.74 Å². The number of carbonyl (C=O) groups is 1. The third-order valence-electron chi connectivity index (χ3n) is 1.96. The highest BCUT2D eigenvalue weighted by atomic mass is 79.9. The van der Waals surface area contributed by atoms with E-state index in [1.807, 2.05) is 0 Å². The molecule has 2 aromatic heterocycles. The van der Waals surface area contributed by atoms with Crippen molar-refractivity contribution in [3.63, 3.8) is 0 Å². The lowest BCUT2D eigenvalue weighted by Crippen LogP contribution is -2.24. The van der Waals surface area contributed by atoms with Crippen molar-refractivity contribution in [3.05, 3.63) is 32.8 Å². The van der Waals surface area contributed by atoms with Crippen LogP contribution in [0.3, 0.4) is 0 Å². The van der Waals surface area contributed by atoms with Crippen molar-refractivity contribution >= 4 is 27.5 Å². The molecule has 0 aliphatic carbocycles. The van der Waals surface area contributed by atoms with Crippen LogP contribution < -0.4 is 5.56 Å². The van der Waals surface area contributed by atoms with Crippen molar-refractivity contribution in [1.29, 1.82) is 0 Å². The number of aromatic nitrogens is 3. The maximum absolute atomic E-state index is 11.8. The molecule has 0 fully saturated rings. The number of aromatic amines is 1. The normalized spacial score (nSPS) is 10.6. The highest BCUT2D eigenvalue weighted by Crippen LogP contribution is 2.08. The van der Waals surface area contributed by atoms with Gasteiger partial charge in [0.05, 0.1) is 6.61 Å². The average molecular weight is 286 g/mol. The standard InChI is InChI=1S/C9H8BrN3O3/c1-2-16-9(15)5-4-11-7-3-6(10)12-13(7)8(5)14/h3-4,11H,2H2,1H3. The van der Waals surface area contributed by atoms with Crippen molar-refractivity contribution in [2.24, 2.45) is 0 Å². The van der Waals surface area contributed by atoms with E-state index in [0.717, 1.165) is 4.52 Å². The minimum atomic E-state index is -0.655. The maximum atomic E-state index is 11.8. The van der Waals surface area contributed by atoms with Gasteiger partial charge in [0.1, 0.15) is 15.8 Å². The number of halogens is 1. The second-order valence-electron chi connectivity index (χ2n) is 2.99. The number of ether oxygens (including phenoxy) is 1. The number of fused-ring (bicyclic) bond motifs is 1. The number of nitrogens with one attached hydrogen (secondary N) is 1. The van der Waals surface area contributed by atoms with Crippen LogP contribution in [0.5, 0.6) is 0 Å². The van der Waals surface area contributed by atoms with Gasteiger partial charge in [-0.1, -0.05) is 0 Å². The van der Waals surface area contributed by atoms with Crippen LogP contribution in [0, 0.1) is 0 Å². The molecule has 2 heterocycles. The Morgan fingerprint density at radius 2 is 2.44 bits per heavy atom. The van der Waals surface area contributed by atoms with E-state index in [4.69, 9.17) is 4.74 Å². The van der Waals surface area contributed by atoms with Gasteiger partial charge in [0.25, 0.3) is 5.56 Å². The number of hydrogen-bond donors (Lipinski definition) is 1. The smallest absolute Gasteiger partial charge is 0.345 e. The van der Waals surface area contributed by atoms with E-state index in [9.17, 15) is 9.59 Å². The highest BCUT2D eigenvalue weighted by molar-refractivity contribution is 9.10. The van der Waals surface area contributed by atoms with Crippen molar-refractivity contribution in [2.45, 2.75) is 6.92 Å². The Bertz CT molecular complexity index is 602. The molecule has 2 rings (SSSR count). The van der Waals surface area contributed by atoms with E-state index in [2.05, 4.69) is 26.0 Å². The minimum absolute atomic E-state index is 0.0649. The molecule has 84 valence electrons. The van der Waals surface area contributed by atoms with Gasteiger partial charge in [-0.15, -0.1) is 0 Å². The molecule has 0 unspecified atom stereocenters. The van der Waals surface area contributed by atoms with E-state index in [-0.39, 0.29) is 12.2 Å². The molecule has 0 amide bonds. The van der Waals surface area contributed by atoms with Crippen LogP contribution in [0.1, 0.15) is 17.3 Å². The number of esters is 1. The third-order valence-corrected chi connectivity index (χ3v) is 2.35. The van der Waals surface area contributed by atoms with Crippen molar-refractivity contribution in [3.8, 4) is 0 Å². The van der Waals surface area contributed by atoms with Crippen LogP contribution in [0.25, 0.3) is 5.65 Å². The van der Waals surface area contributed by atoms with Gasteiger partial charge in [0, 0.05) is 12.3 Å². The highest BCUT2D eigenvalue weighted by Gasteiger charge is 2.14. The summed E-state index contributed by atoms with van der Waals surface area (Å²) in [6.45, 7) is 1.90. The van der Waals surface area contributed by atoms with E-state index in [1.54, 1.807) is 13.0 Å². The Morgan fingerprint density at radius 1 is 1.69 bits per heavy atom. The third kappa shape index (κ3) is 1.73. The molecule has 16 heavy (non-hydrogen) atoms. The fourth-order valence-corrected chi connectivity index (χ4v) is 1.66. The molecule has 0 atom stereocenters. The summed E-state index contributed by atoms with van der Waals surface area (Å²) in [4.78, 5) is 26.0. The molecule has 0 aliphatic rings. The number of rotatable bonds is 2. The average Bonchev–Trinajstić information content (AvgIpc) is 2.60. The van der Waals surface area contributed by atoms with Crippen LogP contribution >= 0.6 is 15.9 Å². The van der Waals surface area contributed by atoms with Crippen LogP contribution in [0.15, 0.2) is 21.7 Å². The van der Waals surface area contributed by atoms with Gasteiger partial charge in [-0.2, -0.15) is 9.61 Å². The Morgan fingerprint density at radius 3 is 3.12 bits per heavy atom. The lowest BCUT2D eigenvalue weighted by atomic mass is 10.3. The number of H-pyrrole nitrogens is 1. The zero-order chi connectivity index (χ0) is 11.7. The zero-order valence-corrected chi connectivity index (χ0v) is 9.94. The molecule has 0 saturated heterocycles. The number of nitrogens with zero attached hydrogens (tertiary/aromatic N) is 2. The van der Waals surface area contributed by atoms with Crippen molar-refractivity contribution in [1.82, 2.24) is 14.6 Å². The largest absolute Gasteiger partial charge is 0.462 e. The Hall–Kier alpha value is -1.63. The summed E-state index contributed by atoms with van der Waals surface area (Å²) in [6.07, 6.45) is 1.32. The topological polar surface area (TPSA) is 76.5 Å². The van der Waals surface area contributed by atoms with Crippen LogP contribution in [0.2, 0.25) is 0 Å². The summed E-state index contributed by atoms with van der Waals surface area (Å²) in [6, 6.07) is 1.64. The van der Waals surface area contributed by atoms with E-state index in [1.165, 1.54) is 6.20 Å². The summed E-state index contributed by atoms with van der Waals surface area (Å²) in [7, 11) is 0. The van der Waals surface area contributed by atoms with Gasteiger partial charge < -0.3 is 9.72 Å². The molecule has 0 spiro atoms. The molecule has 6 nitrogen and oxygen atoms in total. The molecule has 2 aromatic rings. The van der Waals surface area contributed by atoms with Gasteiger partial charge in [0.2, 0.25) is 0 Å². The first kappa shape index (κ1) is 10.9. The first-order chi connectivity index (χ1) is 7.63. The maximum Gasteiger partial charge on any atom is 0.345 e. The Balaban J connectivity index is 2.60. The van der Waals surface area contributed by atoms with Crippen LogP contribution in [0.4, 0.5) is 0 Å². The van der Waals surface area contributed by atoms with Gasteiger partial charge in [-0.3, -0.25) is 4.79 Å².